The van der Waals surface area contributed by atoms with E-state index in [0.29, 0.717) is 28.9 Å². The number of aromatic nitrogens is 2. The highest BCUT2D eigenvalue weighted by Gasteiger charge is 2.30. The normalized spacial score (nSPS) is 15.3. The van der Waals surface area contributed by atoms with E-state index in [-0.39, 0.29) is 12.5 Å². The van der Waals surface area contributed by atoms with Gasteiger partial charge in [0.15, 0.2) is 0 Å². The smallest absolute Gasteiger partial charge is 0.256 e. The van der Waals surface area contributed by atoms with E-state index in [9.17, 15) is 9.90 Å². The Morgan fingerprint density at radius 2 is 2.04 bits per heavy atom. The molecule has 1 saturated carbocycles. The largest absolute Gasteiger partial charge is 0.391 e. The van der Waals surface area contributed by atoms with Crippen LogP contribution in [0.15, 0.2) is 24.3 Å². The summed E-state index contributed by atoms with van der Waals surface area (Å²) in [5, 5.41) is 17.3. The number of carbonyl (C=O) groups excluding carboxylic acids is 1. The zero-order valence-corrected chi connectivity index (χ0v) is 14.7. The van der Waals surface area contributed by atoms with Crippen LogP contribution in [0, 0.1) is 19.8 Å². The molecule has 1 heterocycles. The Morgan fingerprint density at radius 3 is 2.67 bits per heavy atom. The third kappa shape index (κ3) is 3.79. The second-order valence-corrected chi connectivity index (χ2v) is 6.87. The lowest BCUT2D eigenvalue weighted by atomic mass is 10.1. The highest BCUT2D eigenvalue weighted by atomic mass is 35.5. The average Bonchev–Trinajstić information content (AvgIpc) is 3.35. The molecule has 0 bridgehead atoms. The molecule has 6 heteroatoms. The Hall–Kier alpha value is -1.85. The van der Waals surface area contributed by atoms with Crippen LogP contribution < -0.4 is 5.32 Å². The van der Waals surface area contributed by atoms with E-state index in [2.05, 4.69) is 10.4 Å². The van der Waals surface area contributed by atoms with Crippen molar-refractivity contribution in [2.45, 2.75) is 39.3 Å². The van der Waals surface area contributed by atoms with Crippen molar-refractivity contribution in [3.8, 4) is 0 Å². The monoisotopic (exact) mass is 347 g/mol. The van der Waals surface area contributed by atoms with Gasteiger partial charge in [0.1, 0.15) is 5.15 Å². The van der Waals surface area contributed by atoms with Gasteiger partial charge in [-0.15, -0.1) is 0 Å². The number of rotatable bonds is 6. The molecule has 0 saturated heterocycles. The van der Waals surface area contributed by atoms with Crippen LogP contribution >= 0.6 is 11.6 Å². The van der Waals surface area contributed by atoms with Gasteiger partial charge in [-0.2, -0.15) is 5.10 Å². The minimum absolute atomic E-state index is 0.252. The fraction of sp³-hybridized carbons (Fsp3) is 0.444. The predicted molar refractivity (Wildman–Crippen MR) is 93.3 cm³/mol. The lowest BCUT2D eigenvalue weighted by molar-refractivity contribution is 0.0900. The van der Waals surface area contributed by atoms with E-state index in [1.165, 1.54) is 5.56 Å². The van der Waals surface area contributed by atoms with Gasteiger partial charge in [0.05, 0.1) is 23.9 Å². The molecule has 3 rings (SSSR count). The molecule has 2 aromatic rings. The van der Waals surface area contributed by atoms with E-state index in [4.69, 9.17) is 11.6 Å². The lowest BCUT2D eigenvalue weighted by Gasteiger charge is -2.10. The van der Waals surface area contributed by atoms with Gasteiger partial charge in [0.2, 0.25) is 0 Å². The van der Waals surface area contributed by atoms with Crippen molar-refractivity contribution < 1.29 is 9.90 Å². The summed E-state index contributed by atoms with van der Waals surface area (Å²) in [6.07, 6.45) is 1.59. The van der Waals surface area contributed by atoms with Crippen LogP contribution in [0.1, 0.15) is 40.0 Å². The minimum Gasteiger partial charge on any atom is -0.391 e. The number of carbonyl (C=O) groups is 1. The number of hydrogen-bond donors (Lipinski definition) is 2. The molecule has 0 spiro atoms. The summed E-state index contributed by atoms with van der Waals surface area (Å²) < 4.78 is 1.63. The second kappa shape index (κ2) is 6.95. The van der Waals surface area contributed by atoms with Gasteiger partial charge in [0, 0.05) is 6.54 Å². The third-order valence-electron chi connectivity index (χ3n) is 4.38. The third-order valence-corrected chi connectivity index (χ3v) is 4.77. The number of hydrogen-bond acceptors (Lipinski definition) is 3. The van der Waals surface area contributed by atoms with Crippen LogP contribution in [0.25, 0.3) is 0 Å². The van der Waals surface area contributed by atoms with Crippen LogP contribution in [-0.2, 0) is 6.54 Å². The van der Waals surface area contributed by atoms with E-state index >= 15 is 0 Å². The van der Waals surface area contributed by atoms with E-state index in [1.54, 1.807) is 11.6 Å². The molecule has 0 unspecified atom stereocenters. The molecule has 1 aliphatic rings. The maximum atomic E-state index is 12.4. The van der Waals surface area contributed by atoms with E-state index < -0.39 is 6.10 Å². The van der Waals surface area contributed by atoms with Crippen LogP contribution in [0.3, 0.4) is 0 Å². The molecule has 1 aromatic carbocycles. The Kier molecular flexibility index (Phi) is 4.92. The molecule has 5 nitrogen and oxygen atoms in total. The van der Waals surface area contributed by atoms with Gasteiger partial charge in [-0.3, -0.25) is 4.79 Å². The van der Waals surface area contributed by atoms with Crippen LogP contribution in [0.2, 0.25) is 5.15 Å². The minimum atomic E-state index is -0.476. The first kappa shape index (κ1) is 17.0. The summed E-state index contributed by atoms with van der Waals surface area (Å²) in [5.41, 5.74) is 3.23. The Bertz CT molecular complexity index is 735. The molecule has 0 aliphatic heterocycles. The van der Waals surface area contributed by atoms with Crippen LogP contribution in [0.5, 0.6) is 0 Å². The van der Waals surface area contributed by atoms with Crippen molar-refractivity contribution in [2.75, 3.05) is 6.54 Å². The van der Waals surface area contributed by atoms with Gasteiger partial charge in [-0.05, 0) is 38.2 Å². The van der Waals surface area contributed by atoms with Gasteiger partial charge in [-0.25, -0.2) is 4.68 Å². The molecule has 2 N–H and O–H groups in total. The zero-order valence-electron chi connectivity index (χ0n) is 13.9. The summed E-state index contributed by atoms with van der Waals surface area (Å²) in [5.74, 6) is 0.0403. The van der Waals surface area contributed by atoms with Crippen LogP contribution in [0.4, 0.5) is 0 Å². The lowest BCUT2D eigenvalue weighted by Crippen LogP contribution is -2.33. The average molecular weight is 348 g/mol. The molecule has 1 aromatic heterocycles. The first-order chi connectivity index (χ1) is 11.5. The van der Waals surface area contributed by atoms with Crippen molar-refractivity contribution in [3.63, 3.8) is 0 Å². The van der Waals surface area contributed by atoms with Gasteiger partial charge >= 0.3 is 0 Å². The quantitative estimate of drug-likeness (QED) is 0.844. The molecule has 1 atom stereocenters. The molecule has 1 amide bonds. The Balaban J connectivity index is 1.70. The van der Waals surface area contributed by atoms with Crippen LogP contribution in [-0.4, -0.2) is 33.4 Å². The summed E-state index contributed by atoms with van der Waals surface area (Å²) >= 11 is 6.37. The number of aryl methyl sites for hydroxylation is 2. The van der Waals surface area contributed by atoms with E-state index in [0.717, 1.165) is 18.4 Å². The highest BCUT2D eigenvalue weighted by molar-refractivity contribution is 6.33. The SMILES string of the molecule is Cc1ccc(Cn2nc(C)c(C(=O)NC[C@H](O)C3CC3)c2Cl)cc1. The van der Waals surface area contributed by atoms with Gasteiger partial charge < -0.3 is 10.4 Å². The maximum Gasteiger partial charge on any atom is 0.256 e. The fourth-order valence-electron chi connectivity index (χ4n) is 2.72. The zero-order chi connectivity index (χ0) is 17.3. The van der Waals surface area contributed by atoms with Gasteiger partial charge in [-0.1, -0.05) is 41.4 Å². The number of amides is 1. The molecule has 24 heavy (non-hydrogen) atoms. The Morgan fingerprint density at radius 1 is 1.38 bits per heavy atom. The standard InChI is InChI=1S/C18H22ClN3O2/c1-11-3-5-13(6-4-11)10-22-17(19)16(12(2)21-22)18(24)20-9-15(23)14-7-8-14/h3-6,14-15,23H,7-10H2,1-2H3,(H,20,24)/t15-/m0/s1. The van der Waals surface area contributed by atoms with Crippen molar-refractivity contribution in [3.05, 3.63) is 51.8 Å². The molecule has 1 fully saturated rings. The number of halogens is 1. The summed E-state index contributed by atoms with van der Waals surface area (Å²) in [6, 6.07) is 8.11. The first-order valence-corrected chi connectivity index (χ1v) is 8.58. The number of benzene rings is 1. The molecule has 128 valence electrons. The molecular formula is C18H22ClN3O2. The predicted octanol–water partition coefficient (Wildman–Crippen LogP) is 2.70. The molecular weight excluding hydrogens is 326 g/mol. The summed E-state index contributed by atoms with van der Waals surface area (Å²) in [6.45, 7) is 4.57. The topological polar surface area (TPSA) is 67.2 Å². The Labute approximate surface area is 146 Å². The highest BCUT2D eigenvalue weighted by Crippen LogP contribution is 2.32. The second-order valence-electron chi connectivity index (χ2n) is 6.51. The maximum absolute atomic E-state index is 12.4. The number of aliphatic hydroxyl groups excluding tert-OH is 1. The fourth-order valence-corrected chi connectivity index (χ4v) is 3.04. The number of aliphatic hydroxyl groups is 1. The number of nitrogens with one attached hydrogen (secondary N) is 1. The number of nitrogens with zero attached hydrogens (tertiary/aromatic N) is 2. The first-order valence-electron chi connectivity index (χ1n) is 8.20. The summed E-state index contributed by atoms with van der Waals surface area (Å²) in [7, 11) is 0. The van der Waals surface area contributed by atoms with E-state index in [1.807, 2.05) is 31.2 Å². The van der Waals surface area contributed by atoms with Crippen molar-refractivity contribution >= 4 is 17.5 Å². The van der Waals surface area contributed by atoms with Crippen molar-refractivity contribution in [1.82, 2.24) is 15.1 Å². The molecule has 0 radical (unpaired) electrons. The molecule has 1 aliphatic carbocycles. The van der Waals surface area contributed by atoms with Crippen molar-refractivity contribution in [2.24, 2.45) is 5.92 Å². The van der Waals surface area contributed by atoms with Gasteiger partial charge in [0.25, 0.3) is 5.91 Å². The van der Waals surface area contributed by atoms with Crippen molar-refractivity contribution in [1.29, 1.82) is 0 Å². The summed E-state index contributed by atoms with van der Waals surface area (Å²) in [4.78, 5) is 12.4.